The monoisotopic (exact) mass is 255 g/mol. The van der Waals surface area contributed by atoms with Crippen molar-refractivity contribution in [3.05, 3.63) is 63.2 Å². The van der Waals surface area contributed by atoms with E-state index in [4.69, 9.17) is 0 Å². The third-order valence-electron chi connectivity index (χ3n) is 3.06. The third kappa shape index (κ3) is 2.52. The molecule has 2 rings (SSSR count). The van der Waals surface area contributed by atoms with Gasteiger partial charge in [0.2, 0.25) is 0 Å². The Morgan fingerprint density at radius 3 is 2.47 bits per heavy atom. The summed E-state index contributed by atoms with van der Waals surface area (Å²) in [5.41, 5.74) is 3.90. The Balaban J connectivity index is 2.61. The van der Waals surface area contributed by atoms with Crippen molar-refractivity contribution < 1.29 is 9.72 Å². The van der Waals surface area contributed by atoms with Gasteiger partial charge in [-0.2, -0.15) is 0 Å². The van der Waals surface area contributed by atoms with Crippen LogP contribution >= 0.6 is 0 Å². The number of aldehydes is 1. The molecule has 96 valence electrons. The summed E-state index contributed by atoms with van der Waals surface area (Å²) >= 11 is 0. The molecule has 19 heavy (non-hydrogen) atoms. The van der Waals surface area contributed by atoms with Crippen LogP contribution in [0.25, 0.3) is 11.1 Å². The number of nitrogens with zero attached hydrogens (tertiary/aromatic N) is 1. The Morgan fingerprint density at radius 2 is 1.84 bits per heavy atom. The molecule has 0 saturated carbocycles. The molecule has 0 radical (unpaired) electrons. The summed E-state index contributed by atoms with van der Waals surface area (Å²) < 4.78 is 0. The Bertz CT molecular complexity index is 662. The molecule has 0 amide bonds. The van der Waals surface area contributed by atoms with Crippen LogP contribution in [0.15, 0.2) is 36.4 Å². The molecule has 0 N–H and O–H groups in total. The Kier molecular flexibility index (Phi) is 3.42. The zero-order valence-electron chi connectivity index (χ0n) is 10.7. The molecule has 0 heterocycles. The molecule has 0 aliphatic heterocycles. The normalized spacial score (nSPS) is 10.2. The highest BCUT2D eigenvalue weighted by atomic mass is 16.6. The fraction of sp³-hybridized carbons (Fsp3) is 0.133. The SMILES string of the molecule is Cc1ccc(C)c(-c2ccc([N+](=O)[O-])c(C=O)c2)c1. The van der Waals surface area contributed by atoms with Crippen molar-refractivity contribution in [2.45, 2.75) is 13.8 Å². The summed E-state index contributed by atoms with van der Waals surface area (Å²) in [6.07, 6.45) is 0.521. The van der Waals surface area contributed by atoms with E-state index in [9.17, 15) is 14.9 Å². The number of carbonyl (C=O) groups is 1. The molecule has 0 unspecified atom stereocenters. The van der Waals surface area contributed by atoms with Crippen LogP contribution in [0.5, 0.6) is 0 Å². The van der Waals surface area contributed by atoms with E-state index in [0.29, 0.717) is 6.29 Å². The summed E-state index contributed by atoms with van der Waals surface area (Å²) in [5.74, 6) is 0. The van der Waals surface area contributed by atoms with E-state index in [1.54, 1.807) is 12.1 Å². The lowest BCUT2D eigenvalue weighted by molar-refractivity contribution is -0.385. The molecule has 0 aliphatic carbocycles. The van der Waals surface area contributed by atoms with E-state index >= 15 is 0 Å². The minimum Gasteiger partial charge on any atom is -0.298 e. The lowest BCUT2D eigenvalue weighted by Crippen LogP contribution is -1.95. The van der Waals surface area contributed by atoms with Gasteiger partial charge in [0, 0.05) is 6.07 Å². The maximum atomic E-state index is 11.0. The summed E-state index contributed by atoms with van der Waals surface area (Å²) in [4.78, 5) is 21.2. The minimum absolute atomic E-state index is 0.100. The average molecular weight is 255 g/mol. The first-order chi connectivity index (χ1) is 9.02. The second-order valence-electron chi connectivity index (χ2n) is 4.47. The highest BCUT2D eigenvalue weighted by molar-refractivity contribution is 5.85. The van der Waals surface area contributed by atoms with Crippen molar-refractivity contribution in [1.29, 1.82) is 0 Å². The first-order valence-corrected chi connectivity index (χ1v) is 5.84. The quantitative estimate of drug-likeness (QED) is 0.477. The second-order valence-corrected chi connectivity index (χ2v) is 4.47. The van der Waals surface area contributed by atoms with Gasteiger partial charge in [-0.15, -0.1) is 0 Å². The van der Waals surface area contributed by atoms with E-state index in [0.717, 1.165) is 22.3 Å². The van der Waals surface area contributed by atoms with Gasteiger partial charge in [-0.25, -0.2) is 0 Å². The lowest BCUT2D eigenvalue weighted by Gasteiger charge is -2.08. The first kappa shape index (κ1) is 13.0. The van der Waals surface area contributed by atoms with Crippen molar-refractivity contribution in [2.75, 3.05) is 0 Å². The van der Waals surface area contributed by atoms with Gasteiger partial charge in [-0.3, -0.25) is 14.9 Å². The second kappa shape index (κ2) is 5.02. The smallest absolute Gasteiger partial charge is 0.279 e. The zero-order valence-corrected chi connectivity index (χ0v) is 10.7. The van der Waals surface area contributed by atoms with Crippen LogP contribution in [0.4, 0.5) is 5.69 Å². The van der Waals surface area contributed by atoms with Crippen molar-refractivity contribution in [1.82, 2.24) is 0 Å². The van der Waals surface area contributed by atoms with Gasteiger partial charge >= 0.3 is 0 Å². The molecule has 0 saturated heterocycles. The molecule has 2 aromatic carbocycles. The van der Waals surface area contributed by atoms with Gasteiger partial charge in [-0.1, -0.05) is 23.8 Å². The molecule has 0 spiro atoms. The van der Waals surface area contributed by atoms with Gasteiger partial charge < -0.3 is 0 Å². The predicted molar refractivity (Wildman–Crippen MR) is 73.4 cm³/mol. The van der Waals surface area contributed by atoms with Crippen LogP contribution in [-0.4, -0.2) is 11.2 Å². The van der Waals surface area contributed by atoms with Gasteiger partial charge in [0.15, 0.2) is 6.29 Å². The Labute approximate surface area is 110 Å². The lowest BCUT2D eigenvalue weighted by atomic mass is 9.97. The van der Waals surface area contributed by atoms with Gasteiger partial charge in [0.1, 0.15) is 0 Å². The van der Waals surface area contributed by atoms with Crippen LogP contribution in [-0.2, 0) is 0 Å². The third-order valence-corrected chi connectivity index (χ3v) is 3.06. The van der Waals surface area contributed by atoms with Crippen molar-refractivity contribution in [3.8, 4) is 11.1 Å². The highest BCUT2D eigenvalue weighted by Crippen LogP contribution is 2.28. The topological polar surface area (TPSA) is 60.2 Å². The molecule has 4 nitrogen and oxygen atoms in total. The zero-order chi connectivity index (χ0) is 14.0. The number of benzene rings is 2. The van der Waals surface area contributed by atoms with Gasteiger partial charge in [0.25, 0.3) is 5.69 Å². The number of nitro benzene ring substituents is 1. The van der Waals surface area contributed by atoms with E-state index in [2.05, 4.69) is 0 Å². The van der Waals surface area contributed by atoms with Crippen LogP contribution in [0.1, 0.15) is 21.5 Å². The summed E-state index contributed by atoms with van der Waals surface area (Å²) in [6.45, 7) is 3.95. The first-order valence-electron chi connectivity index (χ1n) is 5.84. The van der Waals surface area contributed by atoms with Gasteiger partial charge in [0.05, 0.1) is 10.5 Å². The predicted octanol–water partition coefficient (Wildman–Crippen LogP) is 3.69. The van der Waals surface area contributed by atoms with E-state index in [1.165, 1.54) is 6.07 Å². The van der Waals surface area contributed by atoms with Crippen LogP contribution in [0.2, 0.25) is 0 Å². The van der Waals surface area contributed by atoms with Crippen LogP contribution in [0, 0.1) is 24.0 Å². The molecule has 0 atom stereocenters. The molecular formula is C15H13NO3. The fourth-order valence-corrected chi connectivity index (χ4v) is 2.03. The molecule has 0 aromatic heterocycles. The number of nitro groups is 1. The Hall–Kier alpha value is -2.49. The average Bonchev–Trinajstić information content (AvgIpc) is 2.40. The molecule has 2 aromatic rings. The minimum atomic E-state index is -0.545. The number of rotatable bonds is 3. The number of carbonyl (C=O) groups excluding carboxylic acids is 1. The van der Waals surface area contributed by atoms with Crippen LogP contribution < -0.4 is 0 Å². The number of hydrogen-bond donors (Lipinski definition) is 0. The molecule has 0 bridgehead atoms. The highest BCUT2D eigenvalue weighted by Gasteiger charge is 2.14. The molecule has 4 heteroatoms. The van der Waals surface area contributed by atoms with Crippen molar-refractivity contribution >= 4 is 12.0 Å². The summed E-state index contributed by atoms with van der Waals surface area (Å²) in [5, 5.41) is 10.8. The van der Waals surface area contributed by atoms with E-state index in [1.807, 2.05) is 32.0 Å². The number of hydrogen-bond acceptors (Lipinski definition) is 3. The maximum Gasteiger partial charge on any atom is 0.279 e. The summed E-state index contributed by atoms with van der Waals surface area (Å²) in [6, 6.07) is 10.6. The van der Waals surface area contributed by atoms with Crippen molar-refractivity contribution in [3.63, 3.8) is 0 Å². The standard InChI is InChI=1S/C15H13NO3/c1-10-3-4-11(2)14(7-10)12-5-6-15(16(18)19)13(8-12)9-17/h3-9H,1-2H3. The van der Waals surface area contributed by atoms with Crippen LogP contribution in [0.3, 0.4) is 0 Å². The fourth-order valence-electron chi connectivity index (χ4n) is 2.03. The largest absolute Gasteiger partial charge is 0.298 e. The molecular weight excluding hydrogens is 242 g/mol. The van der Waals surface area contributed by atoms with E-state index < -0.39 is 4.92 Å². The van der Waals surface area contributed by atoms with Gasteiger partial charge in [-0.05, 0) is 42.7 Å². The summed E-state index contributed by atoms with van der Waals surface area (Å²) in [7, 11) is 0. The Morgan fingerprint density at radius 1 is 1.11 bits per heavy atom. The number of aryl methyl sites for hydroxylation is 2. The van der Waals surface area contributed by atoms with E-state index in [-0.39, 0.29) is 11.3 Å². The maximum absolute atomic E-state index is 11.0. The van der Waals surface area contributed by atoms with Crippen molar-refractivity contribution in [2.24, 2.45) is 0 Å². The molecule has 0 aliphatic rings. The molecule has 0 fully saturated rings.